The summed E-state index contributed by atoms with van der Waals surface area (Å²) in [5, 5.41) is 0. The van der Waals surface area contributed by atoms with Gasteiger partial charge in [0, 0.05) is 12.2 Å². The van der Waals surface area contributed by atoms with Crippen LogP contribution in [0.3, 0.4) is 0 Å². The molecule has 1 fully saturated rings. The zero-order valence-electron chi connectivity index (χ0n) is 13.4. The first kappa shape index (κ1) is 15.5. The first-order valence-corrected chi connectivity index (χ1v) is 8.11. The smallest absolute Gasteiger partial charge is 0.327 e. The van der Waals surface area contributed by atoms with Crippen LogP contribution in [0.2, 0.25) is 0 Å². The van der Waals surface area contributed by atoms with Crippen molar-refractivity contribution in [3.05, 3.63) is 46.5 Å². The molecule has 1 saturated heterocycles. The zero-order chi connectivity index (χ0) is 17.4. The van der Waals surface area contributed by atoms with Crippen molar-refractivity contribution < 1.29 is 9.53 Å². The van der Waals surface area contributed by atoms with Crippen LogP contribution in [0.25, 0.3) is 22.6 Å². The number of fused-ring (bicyclic) bond motifs is 1. The summed E-state index contributed by atoms with van der Waals surface area (Å²) in [6.45, 7) is 1.07. The van der Waals surface area contributed by atoms with Gasteiger partial charge in [0.15, 0.2) is 17.2 Å². The molecule has 0 spiro atoms. The summed E-state index contributed by atoms with van der Waals surface area (Å²) in [5.41, 5.74) is 6.48. The Morgan fingerprint density at radius 3 is 2.80 bits per heavy atom. The van der Waals surface area contributed by atoms with Crippen molar-refractivity contribution >= 4 is 17.1 Å². The van der Waals surface area contributed by atoms with Crippen molar-refractivity contribution in [3.63, 3.8) is 0 Å². The minimum atomic E-state index is -0.713. The van der Waals surface area contributed by atoms with Gasteiger partial charge in [-0.1, -0.05) is 30.3 Å². The molecular formula is C17H17N5O3. The number of carbonyl (C=O) groups is 1. The van der Waals surface area contributed by atoms with Crippen molar-refractivity contribution in [3.8, 4) is 11.4 Å². The van der Waals surface area contributed by atoms with E-state index in [1.807, 2.05) is 30.3 Å². The topological polar surface area (TPSA) is 116 Å². The highest BCUT2D eigenvalue weighted by Gasteiger charge is 2.23. The molecule has 128 valence electrons. The number of nitrogens with two attached hydrogens (primary N) is 1. The number of benzene rings is 1. The molecule has 25 heavy (non-hydrogen) atoms. The number of ether oxygens (including phenoxy) is 1. The van der Waals surface area contributed by atoms with Crippen LogP contribution in [-0.2, 0) is 11.3 Å². The number of nitrogens with zero attached hydrogens (tertiary/aromatic N) is 3. The van der Waals surface area contributed by atoms with Crippen LogP contribution in [0.1, 0.15) is 23.3 Å². The summed E-state index contributed by atoms with van der Waals surface area (Å²) in [4.78, 5) is 35.6. The van der Waals surface area contributed by atoms with E-state index in [9.17, 15) is 9.59 Å². The van der Waals surface area contributed by atoms with Crippen LogP contribution in [0, 0.1) is 0 Å². The minimum absolute atomic E-state index is 0.00652. The lowest BCUT2D eigenvalue weighted by atomic mass is 10.2. The molecule has 1 aliphatic heterocycles. The Bertz CT molecular complexity index is 987. The minimum Gasteiger partial charge on any atom is -0.376 e. The average Bonchev–Trinajstić information content (AvgIpc) is 3.23. The lowest BCUT2D eigenvalue weighted by Crippen LogP contribution is -2.24. The van der Waals surface area contributed by atoms with Crippen molar-refractivity contribution in [2.45, 2.75) is 25.5 Å². The summed E-state index contributed by atoms with van der Waals surface area (Å²) in [6.07, 6.45) is 1.82. The number of rotatable bonds is 4. The fourth-order valence-corrected chi connectivity index (χ4v) is 3.09. The summed E-state index contributed by atoms with van der Waals surface area (Å²) in [6, 6.07) is 9.25. The van der Waals surface area contributed by atoms with E-state index in [2.05, 4.69) is 15.0 Å². The Morgan fingerprint density at radius 1 is 1.32 bits per heavy atom. The van der Waals surface area contributed by atoms with Crippen molar-refractivity contribution in [1.82, 2.24) is 19.5 Å². The molecule has 0 bridgehead atoms. The van der Waals surface area contributed by atoms with Crippen molar-refractivity contribution in [2.75, 3.05) is 6.61 Å². The highest BCUT2D eigenvalue weighted by Crippen LogP contribution is 2.21. The molecule has 2 aromatic heterocycles. The molecule has 4 rings (SSSR count). The number of H-pyrrole nitrogens is 1. The van der Waals surface area contributed by atoms with E-state index in [1.54, 1.807) is 0 Å². The number of amides is 1. The molecule has 1 amide bonds. The van der Waals surface area contributed by atoms with Crippen LogP contribution in [0.15, 0.2) is 35.1 Å². The number of aromatic nitrogens is 4. The summed E-state index contributed by atoms with van der Waals surface area (Å²) < 4.78 is 7.11. The fourth-order valence-electron chi connectivity index (χ4n) is 3.09. The average molecular weight is 339 g/mol. The number of aromatic amines is 1. The summed E-state index contributed by atoms with van der Waals surface area (Å²) in [7, 11) is 0. The van der Waals surface area contributed by atoms with Crippen molar-refractivity contribution in [1.29, 1.82) is 0 Å². The van der Waals surface area contributed by atoms with E-state index < -0.39 is 5.91 Å². The third kappa shape index (κ3) is 2.80. The van der Waals surface area contributed by atoms with E-state index in [1.165, 1.54) is 4.57 Å². The molecule has 1 aromatic carbocycles. The van der Waals surface area contributed by atoms with Crippen LogP contribution < -0.4 is 11.4 Å². The number of nitrogens with one attached hydrogen (secondary N) is 1. The number of hydrogen-bond acceptors (Lipinski definition) is 5. The van der Waals surface area contributed by atoms with Crippen LogP contribution in [-0.4, -0.2) is 38.1 Å². The van der Waals surface area contributed by atoms with Gasteiger partial charge in [-0.15, -0.1) is 0 Å². The zero-order valence-corrected chi connectivity index (χ0v) is 13.4. The van der Waals surface area contributed by atoms with Gasteiger partial charge in [0.05, 0.1) is 12.6 Å². The van der Waals surface area contributed by atoms with E-state index in [-0.39, 0.29) is 23.0 Å². The molecule has 0 radical (unpaired) electrons. The van der Waals surface area contributed by atoms with E-state index >= 15 is 0 Å². The van der Waals surface area contributed by atoms with Gasteiger partial charge in [-0.3, -0.25) is 9.36 Å². The van der Waals surface area contributed by atoms with Gasteiger partial charge in [0.2, 0.25) is 0 Å². The normalized spacial score (nSPS) is 17.2. The molecule has 8 nitrogen and oxygen atoms in total. The molecule has 1 aliphatic rings. The highest BCUT2D eigenvalue weighted by atomic mass is 16.5. The number of primary amides is 1. The van der Waals surface area contributed by atoms with Crippen LogP contribution >= 0.6 is 0 Å². The van der Waals surface area contributed by atoms with Crippen molar-refractivity contribution in [2.24, 2.45) is 5.73 Å². The number of imidazole rings is 1. The Kier molecular flexibility index (Phi) is 3.81. The third-order valence-electron chi connectivity index (χ3n) is 4.30. The van der Waals surface area contributed by atoms with Crippen LogP contribution in [0.5, 0.6) is 0 Å². The number of carbonyl (C=O) groups excluding carboxylic acids is 1. The molecule has 3 aromatic rings. The molecule has 0 unspecified atom stereocenters. The largest absolute Gasteiger partial charge is 0.376 e. The highest BCUT2D eigenvalue weighted by molar-refractivity contribution is 6.01. The first-order valence-electron chi connectivity index (χ1n) is 8.11. The molecule has 0 saturated carbocycles. The van der Waals surface area contributed by atoms with E-state index in [0.717, 1.165) is 18.4 Å². The fraction of sp³-hybridized carbons (Fsp3) is 0.294. The van der Waals surface area contributed by atoms with Gasteiger partial charge < -0.3 is 15.5 Å². The van der Waals surface area contributed by atoms with Gasteiger partial charge in [0.1, 0.15) is 5.52 Å². The predicted molar refractivity (Wildman–Crippen MR) is 91.1 cm³/mol. The molecule has 8 heteroatoms. The van der Waals surface area contributed by atoms with E-state index in [0.29, 0.717) is 24.6 Å². The second-order valence-electron chi connectivity index (χ2n) is 6.00. The SMILES string of the molecule is NC(=O)c1nc(-c2ccccc2)nc2c1[nH]c(=O)n2C[C@@H]1CCCO1. The lowest BCUT2D eigenvalue weighted by molar-refractivity contribution is 0.0970. The maximum Gasteiger partial charge on any atom is 0.327 e. The maximum atomic E-state index is 12.4. The lowest BCUT2D eigenvalue weighted by Gasteiger charge is -2.10. The second-order valence-corrected chi connectivity index (χ2v) is 6.00. The van der Waals surface area contributed by atoms with E-state index in [4.69, 9.17) is 10.5 Å². The van der Waals surface area contributed by atoms with Gasteiger partial charge in [0.25, 0.3) is 5.91 Å². The standard InChI is InChI=1S/C17H17N5O3/c18-14(23)12-13-16(21-15(19-12)10-5-2-1-3-6-10)22(17(24)20-13)9-11-7-4-8-25-11/h1-3,5-6,11H,4,7-9H2,(H2,18,23)(H,20,24)/t11-/m0/s1. The molecule has 3 heterocycles. The third-order valence-corrected chi connectivity index (χ3v) is 4.30. The Morgan fingerprint density at radius 2 is 2.12 bits per heavy atom. The molecule has 3 N–H and O–H groups in total. The first-order chi connectivity index (χ1) is 12.1. The van der Waals surface area contributed by atoms with Gasteiger partial charge in [-0.05, 0) is 12.8 Å². The molecule has 0 aliphatic carbocycles. The Labute approximate surface area is 142 Å². The molecular weight excluding hydrogens is 322 g/mol. The quantitative estimate of drug-likeness (QED) is 0.737. The Balaban J connectivity index is 1.91. The van der Waals surface area contributed by atoms with Gasteiger partial charge in [-0.25, -0.2) is 14.8 Å². The Hall–Kier alpha value is -3.00. The monoisotopic (exact) mass is 339 g/mol. The summed E-state index contributed by atoms with van der Waals surface area (Å²) >= 11 is 0. The predicted octanol–water partition coefficient (Wildman–Crippen LogP) is 1.06. The molecule has 1 atom stereocenters. The van der Waals surface area contributed by atoms with Gasteiger partial charge in [-0.2, -0.15) is 0 Å². The van der Waals surface area contributed by atoms with Gasteiger partial charge >= 0.3 is 5.69 Å². The van der Waals surface area contributed by atoms with Crippen LogP contribution in [0.4, 0.5) is 0 Å². The number of hydrogen-bond donors (Lipinski definition) is 2. The maximum absolute atomic E-state index is 12.4. The summed E-state index contributed by atoms with van der Waals surface area (Å²) in [5.74, 6) is -0.364. The second kappa shape index (κ2) is 6.14.